The average Bonchev–Trinajstić information content (AvgIpc) is 3.85. The molecule has 1 aromatic heterocycles. The largest absolute Gasteiger partial charge is 0.459 e. The monoisotopic (exact) mass is 1060 g/mol. The predicted octanol–water partition coefficient (Wildman–Crippen LogP) is 5.27. The minimum absolute atomic E-state index is 0.178. The van der Waals surface area contributed by atoms with Gasteiger partial charge in [0.25, 0.3) is 0 Å². The smallest absolute Gasteiger partial charge is 0.309 e. The van der Waals surface area contributed by atoms with Crippen LogP contribution >= 0.6 is 0 Å². The molecule has 0 spiro atoms. The molecule has 4 saturated heterocycles. The average molecular weight is 1060 g/mol. The van der Waals surface area contributed by atoms with Crippen molar-refractivity contribution in [2.75, 3.05) is 66.1 Å². The maximum absolute atomic E-state index is 14.9. The van der Waals surface area contributed by atoms with E-state index in [4.69, 9.17) is 28.4 Å². The fourth-order valence-corrected chi connectivity index (χ4v) is 13.1. The molecule has 4 aliphatic heterocycles. The molecule has 4 aliphatic rings. The second-order valence-corrected chi connectivity index (χ2v) is 23.7. The quantitative estimate of drug-likeness (QED) is 0.144. The zero-order valence-electron chi connectivity index (χ0n) is 47.5. The topological polar surface area (TPSA) is 214 Å². The number of hydrogen-bond acceptors (Lipinski definition) is 17. The van der Waals surface area contributed by atoms with Gasteiger partial charge in [0.15, 0.2) is 6.29 Å². The Balaban J connectivity index is 1.26. The number of aliphatic hydroxyl groups is 5. The molecule has 18 nitrogen and oxygen atoms in total. The molecule has 0 saturated carbocycles. The summed E-state index contributed by atoms with van der Waals surface area (Å²) in [6.45, 7) is 20.1. The van der Waals surface area contributed by atoms with Crippen molar-refractivity contribution in [3.63, 3.8) is 0 Å². The predicted molar refractivity (Wildman–Crippen MR) is 283 cm³/mol. The molecular formula is C56H95FN6O12. The first kappa shape index (κ1) is 61.3. The number of aliphatic hydroxyl groups excluding tert-OH is 3. The van der Waals surface area contributed by atoms with Crippen LogP contribution in [0.25, 0.3) is 0 Å². The second kappa shape index (κ2) is 25.9. The van der Waals surface area contributed by atoms with Gasteiger partial charge in [-0.1, -0.05) is 45.0 Å². The lowest BCUT2D eigenvalue weighted by Crippen LogP contribution is -2.62. The summed E-state index contributed by atoms with van der Waals surface area (Å²) in [7, 11) is 6.87. The standard InChI is InChI=1S/C56H95FN6O12/c1-15-45-56(10,69)49(65)37(6)61(12)31-33(2)28-54(8,68)51(35(4)46(36(5)52(67)74-45)44-29-55(9,71-14)50(66)38(7)73-44)75-53-47(64)42(27-34(3)72-53)60(11)26-23-40-32-63(59-58-40)43(30-57)48(70-13)39-19-21-41(22-20-39)62-24-17-16-18-25-62/h19-22,32-38,42-51,53,64-66,68-69H,15-18,23-31H2,1-14H3/t33-,34-,35+,36-,37-,38+,42+,43-,44?,45-,46+,47-,48-,49-,50+,51-,53+,54-,55-,56-/m1/s1. The molecule has 5 heterocycles. The van der Waals surface area contributed by atoms with Crippen molar-refractivity contribution >= 4 is 11.7 Å². The van der Waals surface area contributed by atoms with Crippen LogP contribution in [-0.2, 0) is 39.6 Å². The van der Waals surface area contributed by atoms with Crippen LogP contribution in [0.3, 0.4) is 0 Å². The van der Waals surface area contributed by atoms with E-state index in [1.165, 1.54) is 38.0 Å². The molecule has 19 heteroatoms. The number of hydrogen-bond donors (Lipinski definition) is 5. The SMILES string of the molecule is CC[C@H]1OC(=O)[C@H](C)[C@@H](C2C[C@@](C)(OC)[C@@H](O)[C@H](C)O2)[C@H](C)[C@@H](O[C@@H]2O[C@H](C)C[C@H](N(C)CCc3cn([C@H](CF)[C@H](OC)c4ccc(N5CCCCC5)cc4)nn3)[C@H]2O)[C@](C)(O)C[C@@H](C)CN(C)[C@H](C)[C@@H](O)[C@]1(C)O. The molecule has 75 heavy (non-hydrogen) atoms. The van der Waals surface area contributed by atoms with Gasteiger partial charge in [-0.15, -0.1) is 5.10 Å². The van der Waals surface area contributed by atoms with Gasteiger partial charge < -0.3 is 68.7 Å². The maximum atomic E-state index is 14.9. The summed E-state index contributed by atoms with van der Waals surface area (Å²) in [4.78, 5) is 21.0. The van der Waals surface area contributed by atoms with Crippen LogP contribution in [-0.4, -0.2) is 201 Å². The lowest BCUT2D eigenvalue weighted by Gasteiger charge is -2.51. The number of carbonyl (C=O) groups is 1. The summed E-state index contributed by atoms with van der Waals surface area (Å²) < 4.78 is 54.7. The zero-order valence-corrected chi connectivity index (χ0v) is 47.5. The Morgan fingerprint density at radius 2 is 1.61 bits per heavy atom. The molecular weight excluding hydrogens is 968 g/mol. The molecule has 0 aliphatic carbocycles. The van der Waals surface area contributed by atoms with Crippen LogP contribution in [0.15, 0.2) is 30.5 Å². The number of cyclic esters (lactones) is 1. The first-order valence-corrected chi connectivity index (χ1v) is 27.8. The molecule has 2 aromatic rings. The van der Waals surface area contributed by atoms with Crippen molar-refractivity contribution in [1.29, 1.82) is 0 Å². The summed E-state index contributed by atoms with van der Waals surface area (Å²) in [6.07, 6.45) is -2.45. The van der Waals surface area contributed by atoms with Crippen molar-refractivity contribution in [2.24, 2.45) is 23.7 Å². The molecule has 0 amide bonds. The maximum Gasteiger partial charge on any atom is 0.309 e. The van der Waals surface area contributed by atoms with Crippen molar-refractivity contribution in [1.82, 2.24) is 24.8 Å². The van der Waals surface area contributed by atoms with Gasteiger partial charge in [0.1, 0.15) is 48.8 Å². The normalized spacial score (nSPS) is 40.1. The van der Waals surface area contributed by atoms with Gasteiger partial charge in [-0.25, -0.2) is 9.07 Å². The van der Waals surface area contributed by atoms with E-state index in [1.54, 1.807) is 47.9 Å². The number of nitrogens with zero attached hydrogens (tertiary/aromatic N) is 6. The number of likely N-dealkylation sites (N-methyl/N-ethyl adjacent to an activating group) is 2. The Labute approximate surface area is 446 Å². The number of carbonyl (C=O) groups excluding carboxylic acids is 1. The number of halogens is 1. The van der Waals surface area contributed by atoms with E-state index in [0.29, 0.717) is 31.6 Å². The first-order valence-electron chi connectivity index (χ1n) is 27.8. The van der Waals surface area contributed by atoms with Crippen molar-refractivity contribution in [3.05, 3.63) is 41.7 Å². The third-order valence-electron chi connectivity index (χ3n) is 17.8. The molecule has 0 bridgehead atoms. The Hall–Kier alpha value is -2.92. The number of esters is 1. The molecule has 6 rings (SSSR count). The highest BCUT2D eigenvalue weighted by atomic mass is 19.1. The van der Waals surface area contributed by atoms with Gasteiger partial charge in [0.05, 0.1) is 47.2 Å². The van der Waals surface area contributed by atoms with Crippen molar-refractivity contribution in [2.45, 2.75) is 217 Å². The summed E-state index contributed by atoms with van der Waals surface area (Å²) in [5, 5.41) is 69.1. The Kier molecular flexibility index (Phi) is 21.2. The first-order chi connectivity index (χ1) is 35.3. The van der Waals surface area contributed by atoms with E-state index in [0.717, 1.165) is 24.3 Å². The highest BCUT2D eigenvalue weighted by Gasteiger charge is 2.55. The van der Waals surface area contributed by atoms with Crippen LogP contribution in [0.1, 0.15) is 138 Å². The number of benzene rings is 1. The zero-order chi connectivity index (χ0) is 55.3. The summed E-state index contributed by atoms with van der Waals surface area (Å²) >= 11 is 0. The third-order valence-corrected chi connectivity index (χ3v) is 17.8. The van der Waals surface area contributed by atoms with E-state index in [1.807, 2.05) is 63.7 Å². The molecule has 0 radical (unpaired) electrons. The molecule has 5 N–H and O–H groups in total. The summed E-state index contributed by atoms with van der Waals surface area (Å²) in [5.74, 6) is -3.22. The van der Waals surface area contributed by atoms with Gasteiger partial charge in [0, 0.05) is 83.1 Å². The number of piperidine rings is 1. The molecule has 20 atom stereocenters. The van der Waals surface area contributed by atoms with Crippen LogP contribution < -0.4 is 4.90 Å². The van der Waals surface area contributed by atoms with E-state index in [2.05, 4.69) is 27.3 Å². The van der Waals surface area contributed by atoms with Crippen LogP contribution in [0.4, 0.5) is 10.1 Å². The molecule has 4 fully saturated rings. The van der Waals surface area contributed by atoms with E-state index < -0.39 is 120 Å². The summed E-state index contributed by atoms with van der Waals surface area (Å²) in [6, 6.07) is 6.38. The number of rotatable bonds is 15. The van der Waals surface area contributed by atoms with E-state index >= 15 is 0 Å². The Morgan fingerprint density at radius 1 is 0.947 bits per heavy atom. The Bertz CT molecular complexity index is 2080. The van der Waals surface area contributed by atoms with Crippen LogP contribution in [0.5, 0.6) is 0 Å². The highest BCUT2D eigenvalue weighted by Crippen LogP contribution is 2.45. The van der Waals surface area contributed by atoms with E-state index in [9.17, 15) is 34.7 Å². The van der Waals surface area contributed by atoms with Crippen LogP contribution in [0.2, 0.25) is 0 Å². The number of alkyl halides is 1. The van der Waals surface area contributed by atoms with Crippen molar-refractivity contribution < 1.29 is 63.1 Å². The molecule has 1 aromatic carbocycles. The third kappa shape index (κ3) is 13.9. The van der Waals surface area contributed by atoms with E-state index in [-0.39, 0.29) is 31.3 Å². The lowest BCUT2D eigenvalue weighted by atomic mass is 9.68. The second-order valence-electron chi connectivity index (χ2n) is 23.7. The number of anilines is 1. The minimum atomic E-state index is -1.83. The van der Waals surface area contributed by atoms with Gasteiger partial charge >= 0.3 is 5.97 Å². The number of ether oxygens (including phenoxy) is 6. The van der Waals surface area contributed by atoms with Crippen molar-refractivity contribution in [3.8, 4) is 0 Å². The number of aromatic nitrogens is 3. The lowest BCUT2D eigenvalue weighted by molar-refractivity contribution is -0.302. The van der Waals surface area contributed by atoms with Gasteiger partial charge in [-0.2, -0.15) is 0 Å². The van der Waals surface area contributed by atoms with Gasteiger partial charge in [0.2, 0.25) is 0 Å². The van der Waals surface area contributed by atoms with Gasteiger partial charge in [-0.3, -0.25) is 4.79 Å². The molecule has 1 unspecified atom stereocenters. The Morgan fingerprint density at radius 3 is 2.23 bits per heavy atom. The fraction of sp³-hybridized carbons (Fsp3) is 0.839. The summed E-state index contributed by atoms with van der Waals surface area (Å²) in [5.41, 5.74) is -1.87. The fourth-order valence-electron chi connectivity index (χ4n) is 13.1. The highest BCUT2D eigenvalue weighted by molar-refractivity contribution is 5.73. The van der Waals surface area contributed by atoms with Gasteiger partial charge in [-0.05, 0) is 124 Å². The minimum Gasteiger partial charge on any atom is -0.459 e. The van der Waals surface area contributed by atoms with Crippen LogP contribution in [0, 0.1) is 23.7 Å². The molecule has 428 valence electrons. The number of methoxy groups -OCH3 is 2.